The van der Waals surface area contributed by atoms with Gasteiger partial charge in [-0.25, -0.2) is 0 Å². The van der Waals surface area contributed by atoms with E-state index in [1.165, 1.54) is 0 Å². The summed E-state index contributed by atoms with van der Waals surface area (Å²) in [6.45, 7) is 3.69. The minimum atomic E-state index is 0.153. The van der Waals surface area contributed by atoms with Crippen molar-refractivity contribution in [3.63, 3.8) is 0 Å². The molecule has 1 fully saturated rings. The van der Waals surface area contributed by atoms with E-state index < -0.39 is 0 Å². The number of aryl methyl sites for hydroxylation is 1. The first-order valence-electron chi connectivity index (χ1n) is 7.87. The molecule has 0 bridgehead atoms. The molecule has 0 saturated carbocycles. The van der Waals surface area contributed by atoms with E-state index in [0.29, 0.717) is 18.8 Å². The van der Waals surface area contributed by atoms with Gasteiger partial charge in [-0.3, -0.25) is 4.79 Å². The Bertz CT molecular complexity index is 519. The molecule has 122 valence electrons. The van der Waals surface area contributed by atoms with Crippen molar-refractivity contribution in [1.29, 1.82) is 0 Å². The van der Waals surface area contributed by atoms with Gasteiger partial charge in [0, 0.05) is 30.0 Å². The van der Waals surface area contributed by atoms with Gasteiger partial charge in [0.2, 0.25) is 5.91 Å². The predicted molar refractivity (Wildman–Crippen MR) is 92.0 cm³/mol. The van der Waals surface area contributed by atoms with Crippen molar-refractivity contribution in [3.8, 4) is 5.75 Å². The maximum atomic E-state index is 12.5. The van der Waals surface area contributed by atoms with Crippen LogP contribution < -0.4 is 10.5 Å². The third-order valence-corrected chi connectivity index (χ3v) is 4.90. The van der Waals surface area contributed by atoms with Gasteiger partial charge in [-0.2, -0.15) is 0 Å². The molecule has 0 aliphatic carbocycles. The predicted octanol–water partition coefficient (Wildman–Crippen LogP) is 2.98. The average Bonchev–Trinajstić information content (AvgIpc) is 2.52. The number of benzene rings is 1. The Balaban J connectivity index is 1.94. The summed E-state index contributed by atoms with van der Waals surface area (Å²) in [5.74, 6) is 1.48. The smallest absolute Gasteiger partial charge is 0.222 e. The number of likely N-dealkylation sites (tertiary alicyclic amines) is 1. The summed E-state index contributed by atoms with van der Waals surface area (Å²) in [4.78, 5) is 14.4. The Labute approximate surface area is 141 Å². The number of carbonyl (C=O) groups is 1. The number of amides is 1. The highest BCUT2D eigenvalue weighted by atomic mass is 79.9. The molecule has 0 aromatic heterocycles. The zero-order valence-corrected chi connectivity index (χ0v) is 14.9. The topological polar surface area (TPSA) is 55.6 Å². The lowest BCUT2D eigenvalue weighted by Crippen LogP contribution is -2.45. The largest absolute Gasteiger partial charge is 0.496 e. The van der Waals surface area contributed by atoms with Crippen molar-refractivity contribution in [1.82, 2.24) is 4.90 Å². The van der Waals surface area contributed by atoms with Crippen LogP contribution in [-0.4, -0.2) is 37.0 Å². The van der Waals surface area contributed by atoms with E-state index in [2.05, 4.69) is 15.9 Å². The van der Waals surface area contributed by atoms with Crippen LogP contribution in [0.25, 0.3) is 0 Å². The van der Waals surface area contributed by atoms with Crippen molar-refractivity contribution < 1.29 is 9.53 Å². The molecule has 0 unspecified atom stereocenters. The number of halogens is 1. The van der Waals surface area contributed by atoms with E-state index in [1.807, 2.05) is 30.0 Å². The van der Waals surface area contributed by atoms with Gasteiger partial charge in [0.05, 0.1) is 7.11 Å². The highest BCUT2D eigenvalue weighted by Gasteiger charge is 2.25. The van der Waals surface area contributed by atoms with Gasteiger partial charge in [0.1, 0.15) is 5.75 Å². The summed E-state index contributed by atoms with van der Waals surface area (Å²) < 4.78 is 6.37. The van der Waals surface area contributed by atoms with Gasteiger partial charge in [0.15, 0.2) is 0 Å². The van der Waals surface area contributed by atoms with E-state index in [0.717, 1.165) is 41.7 Å². The molecular formula is C17H25BrN2O2. The summed E-state index contributed by atoms with van der Waals surface area (Å²) in [5.41, 5.74) is 7.05. The van der Waals surface area contributed by atoms with Crippen LogP contribution in [-0.2, 0) is 11.2 Å². The van der Waals surface area contributed by atoms with Crippen molar-refractivity contribution in [2.24, 2.45) is 11.7 Å². The molecule has 1 heterocycles. The molecule has 1 aliphatic heterocycles. The minimum Gasteiger partial charge on any atom is -0.496 e. The van der Waals surface area contributed by atoms with Crippen molar-refractivity contribution in [2.45, 2.75) is 38.6 Å². The monoisotopic (exact) mass is 368 g/mol. The average molecular weight is 369 g/mol. The SMILES string of the molecule is COc1ccc(Br)cc1CCC(=O)N1CCC[C@@H]([C@@H](C)N)C1. The second kappa shape index (κ2) is 7.97. The minimum absolute atomic E-state index is 0.153. The molecule has 2 N–H and O–H groups in total. The van der Waals surface area contributed by atoms with Gasteiger partial charge in [0.25, 0.3) is 0 Å². The number of ether oxygens (including phenoxy) is 1. The van der Waals surface area contributed by atoms with Gasteiger partial charge >= 0.3 is 0 Å². The van der Waals surface area contributed by atoms with Crippen LogP contribution >= 0.6 is 15.9 Å². The first-order valence-corrected chi connectivity index (χ1v) is 8.66. The summed E-state index contributed by atoms with van der Waals surface area (Å²) >= 11 is 3.47. The summed E-state index contributed by atoms with van der Waals surface area (Å²) in [7, 11) is 1.66. The van der Waals surface area contributed by atoms with Crippen LogP contribution in [0.1, 0.15) is 31.7 Å². The second-order valence-electron chi connectivity index (χ2n) is 6.06. The lowest BCUT2D eigenvalue weighted by atomic mass is 9.92. The van der Waals surface area contributed by atoms with Crippen LogP contribution in [0.2, 0.25) is 0 Å². The molecule has 0 spiro atoms. The van der Waals surface area contributed by atoms with Crippen molar-refractivity contribution >= 4 is 21.8 Å². The number of nitrogens with zero attached hydrogens (tertiary/aromatic N) is 1. The fourth-order valence-corrected chi connectivity index (χ4v) is 3.42. The summed E-state index contributed by atoms with van der Waals surface area (Å²) in [5, 5.41) is 0. The molecule has 2 rings (SSSR count). The van der Waals surface area contributed by atoms with E-state index in [4.69, 9.17) is 10.5 Å². The molecule has 1 saturated heterocycles. The number of methoxy groups -OCH3 is 1. The number of nitrogens with two attached hydrogens (primary N) is 1. The van der Waals surface area contributed by atoms with Gasteiger partial charge in [-0.15, -0.1) is 0 Å². The van der Waals surface area contributed by atoms with Gasteiger partial charge in [-0.1, -0.05) is 15.9 Å². The zero-order valence-electron chi connectivity index (χ0n) is 13.3. The molecular weight excluding hydrogens is 344 g/mol. The Hall–Kier alpha value is -1.07. The highest BCUT2D eigenvalue weighted by Crippen LogP contribution is 2.25. The number of hydrogen-bond donors (Lipinski definition) is 1. The van der Waals surface area contributed by atoms with E-state index in [1.54, 1.807) is 7.11 Å². The van der Waals surface area contributed by atoms with Crippen molar-refractivity contribution in [3.05, 3.63) is 28.2 Å². The van der Waals surface area contributed by atoms with Crippen molar-refractivity contribution in [2.75, 3.05) is 20.2 Å². The van der Waals surface area contributed by atoms with Crippen LogP contribution in [0, 0.1) is 5.92 Å². The number of carbonyl (C=O) groups excluding carboxylic acids is 1. The molecule has 1 aromatic rings. The second-order valence-corrected chi connectivity index (χ2v) is 6.97. The first-order chi connectivity index (χ1) is 10.5. The molecule has 22 heavy (non-hydrogen) atoms. The first kappa shape index (κ1) is 17.3. The fourth-order valence-electron chi connectivity index (χ4n) is 3.01. The third kappa shape index (κ3) is 4.46. The Morgan fingerprint density at radius 2 is 2.32 bits per heavy atom. The van der Waals surface area contributed by atoms with Gasteiger partial charge < -0.3 is 15.4 Å². The lowest BCUT2D eigenvalue weighted by Gasteiger charge is -2.34. The Kier molecular flexibility index (Phi) is 6.26. The summed E-state index contributed by atoms with van der Waals surface area (Å²) in [6, 6.07) is 6.05. The van der Waals surface area contributed by atoms with E-state index in [9.17, 15) is 4.79 Å². The van der Waals surface area contributed by atoms with Crippen LogP contribution in [0.15, 0.2) is 22.7 Å². The standard InChI is InChI=1S/C17H25BrN2O2/c1-12(19)14-4-3-9-20(11-14)17(21)8-5-13-10-15(18)6-7-16(13)22-2/h6-7,10,12,14H,3-5,8-9,11,19H2,1-2H3/t12-,14-/m1/s1. The quantitative estimate of drug-likeness (QED) is 0.868. The molecule has 1 aliphatic rings. The Morgan fingerprint density at radius 1 is 1.55 bits per heavy atom. The summed E-state index contributed by atoms with van der Waals surface area (Å²) in [6.07, 6.45) is 3.39. The highest BCUT2D eigenvalue weighted by molar-refractivity contribution is 9.10. The molecule has 1 aromatic carbocycles. The number of hydrogen-bond acceptors (Lipinski definition) is 3. The van der Waals surface area contributed by atoms with Crippen LogP contribution in [0.5, 0.6) is 5.75 Å². The maximum absolute atomic E-state index is 12.5. The van der Waals surface area contributed by atoms with Crippen LogP contribution in [0.3, 0.4) is 0 Å². The normalized spacial score (nSPS) is 19.8. The number of piperidine rings is 1. The lowest BCUT2D eigenvalue weighted by molar-refractivity contribution is -0.133. The third-order valence-electron chi connectivity index (χ3n) is 4.40. The Morgan fingerprint density at radius 3 is 3.00 bits per heavy atom. The molecule has 1 amide bonds. The van der Waals surface area contributed by atoms with E-state index >= 15 is 0 Å². The molecule has 2 atom stereocenters. The fraction of sp³-hybridized carbons (Fsp3) is 0.588. The van der Waals surface area contributed by atoms with Gasteiger partial charge in [-0.05, 0) is 55.9 Å². The molecule has 5 heteroatoms. The molecule has 4 nitrogen and oxygen atoms in total. The van der Waals surface area contributed by atoms with E-state index in [-0.39, 0.29) is 11.9 Å². The zero-order chi connectivity index (χ0) is 16.1. The molecule has 0 radical (unpaired) electrons. The van der Waals surface area contributed by atoms with Crippen LogP contribution in [0.4, 0.5) is 0 Å². The maximum Gasteiger partial charge on any atom is 0.222 e. The number of rotatable bonds is 5.